The monoisotopic (exact) mass is 542 g/mol. The predicted octanol–water partition coefficient (Wildman–Crippen LogP) is 2.88. The molecule has 38 heavy (non-hydrogen) atoms. The van der Waals surface area contributed by atoms with Gasteiger partial charge < -0.3 is 31.2 Å². The Kier molecular flexibility index (Phi) is 7.54. The molecule has 1 aliphatic heterocycles. The molecular formula is C27H35FN6O3S. The molecule has 1 saturated heterocycles. The molecule has 11 heteroatoms. The molecule has 3 aromatic heterocycles. The molecule has 1 amide bonds. The molecule has 5 rings (SSSR count). The Morgan fingerprint density at radius 1 is 1.32 bits per heavy atom. The van der Waals surface area contributed by atoms with Crippen molar-refractivity contribution in [3.05, 3.63) is 45.3 Å². The number of nitrogens with one attached hydrogen (secondary N) is 1. The van der Waals surface area contributed by atoms with E-state index in [1.165, 1.54) is 11.3 Å². The number of amides is 1. The summed E-state index contributed by atoms with van der Waals surface area (Å²) in [5.41, 5.74) is 16.7. The van der Waals surface area contributed by atoms with Crippen molar-refractivity contribution in [3.63, 3.8) is 0 Å². The Hall–Kier alpha value is -2.86. The Morgan fingerprint density at radius 3 is 2.87 bits per heavy atom. The Bertz CT molecular complexity index is 1360. The molecule has 0 radical (unpaired) electrons. The van der Waals surface area contributed by atoms with Gasteiger partial charge in [-0.3, -0.25) is 4.79 Å². The second kappa shape index (κ2) is 10.7. The summed E-state index contributed by atoms with van der Waals surface area (Å²) in [5.74, 6) is -0.302. The number of hydrogen-bond donors (Lipinski definition) is 3. The van der Waals surface area contributed by atoms with E-state index in [1.807, 2.05) is 31.7 Å². The average molecular weight is 543 g/mol. The number of hydrogen-bond acceptors (Lipinski definition) is 9. The van der Waals surface area contributed by atoms with Crippen LogP contribution in [-0.2, 0) is 22.3 Å². The van der Waals surface area contributed by atoms with E-state index >= 15 is 4.39 Å². The van der Waals surface area contributed by atoms with Gasteiger partial charge in [0.1, 0.15) is 9.71 Å². The lowest BCUT2D eigenvalue weighted by Gasteiger charge is -2.27. The predicted molar refractivity (Wildman–Crippen MR) is 147 cm³/mol. The largest absolute Gasteiger partial charge is 0.397 e. The van der Waals surface area contributed by atoms with Crippen LogP contribution in [0.2, 0.25) is 0 Å². The summed E-state index contributed by atoms with van der Waals surface area (Å²) in [6, 6.07) is 3.14. The van der Waals surface area contributed by atoms with Crippen molar-refractivity contribution in [3.8, 4) is 0 Å². The summed E-state index contributed by atoms with van der Waals surface area (Å²) < 4.78 is 26.4. The van der Waals surface area contributed by atoms with Gasteiger partial charge in [0.05, 0.1) is 30.5 Å². The zero-order chi connectivity index (χ0) is 27.1. The second-order valence-electron chi connectivity index (χ2n) is 10.4. The first-order chi connectivity index (χ1) is 18.1. The number of rotatable bonds is 7. The van der Waals surface area contributed by atoms with E-state index in [4.69, 9.17) is 20.9 Å². The van der Waals surface area contributed by atoms with Crippen molar-refractivity contribution in [1.29, 1.82) is 0 Å². The lowest BCUT2D eigenvalue weighted by Crippen LogP contribution is -2.39. The summed E-state index contributed by atoms with van der Waals surface area (Å²) in [4.78, 5) is 25.5. The van der Waals surface area contributed by atoms with Gasteiger partial charge >= 0.3 is 0 Å². The first-order valence-corrected chi connectivity index (χ1v) is 13.8. The van der Waals surface area contributed by atoms with E-state index in [1.54, 1.807) is 13.2 Å². The highest BCUT2D eigenvalue weighted by Crippen LogP contribution is 2.35. The zero-order valence-electron chi connectivity index (χ0n) is 22.2. The van der Waals surface area contributed by atoms with Crippen molar-refractivity contribution in [2.24, 2.45) is 5.73 Å². The standard InChI is InChI=1S/C27H35FN6O3S/c1-13-7-14(2)31-27-22(13)23(30)24(38-27)26(35)32-17-5-6-20-16(8-17)9-18(28)25(33-20)34-10-19(29)21(11-34)37-15(3)12-36-4/h7,9,15,17,19,21H,5-6,8,10-12,29-30H2,1-4H3,(H,32,35). The molecule has 0 aromatic carbocycles. The molecule has 1 fully saturated rings. The minimum atomic E-state index is -0.390. The smallest absolute Gasteiger partial charge is 0.263 e. The maximum absolute atomic E-state index is 15.2. The Morgan fingerprint density at radius 2 is 2.11 bits per heavy atom. The molecule has 4 heterocycles. The van der Waals surface area contributed by atoms with Crippen LogP contribution in [0.15, 0.2) is 12.1 Å². The van der Waals surface area contributed by atoms with Gasteiger partial charge in [0.15, 0.2) is 11.6 Å². The number of carbonyl (C=O) groups excluding carboxylic acids is 1. The fraction of sp³-hybridized carbons (Fsp3) is 0.519. The molecule has 0 spiro atoms. The van der Waals surface area contributed by atoms with E-state index in [0.29, 0.717) is 55.3 Å². The Balaban J connectivity index is 1.27. The normalized spacial score (nSPS) is 22.1. The quantitative estimate of drug-likeness (QED) is 0.416. The average Bonchev–Trinajstić information content (AvgIpc) is 3.37. The number of halogens is 1. The minimum absolute atomic E-state index is 0.100. The fourth-order valence-corrected chi connectivity index (χ4v) is 6.67. The third-order valence-corrected chi connectivity index (χ3v) is 8.40. The van der Waals surface area contributed by atoms with Crippen LogP contribution in [0.25, 0.3) is 10.2 Å². The van der Waals surface area contributed by atoms with Crippen LogP contribution in [0.5, 0.6) is 0 Å². The number of carbonyl (C=O) groups is 1. The molecule has 0 bridgehead atoms. The minimum Gasteiger partial charge on any atom is -0.397 e. The summed E-state index contributed by atoms with van der Waals surface area (Å²) in [7, 11) is 1.63. The summed E-state index contributed by atoms with van der Waals surface area (Å²) in [5, 5.41) is 3.94. The number of fused-ring (bicyclic) bond motifs is 2. The summed E-state index contributed by atoms with van der Waals surface area (Å²) >= 11 is 1.31. The van der Waals surface area contributed by atoms with Crippen molar-refractivity contribution in [1.82, 2.24) is 15.3 Å². The fourth-order valence-electron chi connectivity index (χ4n) is 5.55. The molecule has 0 saturated carbocycles. The van der Waals surface area contributed by atoms with Gasteiger partial charge in [0.2, 0.25) is 0 Å². The summed E-state index contributed by atoms with van der Waals surface area (Å²) in [6.45, 7) is 7.24. The van der Waals surface area contributed by atoms with Gasteiger partial charge in [0, 0.05) is 43.0 Å². The van der Waals surface area contributed by atoms with Crippen LogP contribution >= 0.6 is 11.3 Å². The second-order valence-corrected chi connectivity index (χ2v) is 11.4. The zero-order valence-corrected chi connectivity index (χ0v) is 23.0. The number of pyridine rings is 2. The van der Waals surface area contributed by atoms with E-state index in [0.717, 1.165) is 32.7 Å². The number of ether oxygens (including phenoxy) is 2. The van der Waals surface area contributed by atoms with Crippen molar-refractivity contribution in [2.45, 2.75) is 64.3 Å². The molecule has 9 nitrogen and oxygen atoms in total. The lowest BCUT2D eigenvalue weighted by molar-refractivity contribution is -0.0348. The molecule has 204 valence electrons. The van der Waals surface area contributed by atoms with Crippen molar-refractivity contribution >= 4 is 39.0 Å². The number of aromatic nitrogens is 2. The van der Waals surface area contributed by atoms with Gasteiger partial charge in [-0.05, 0) is 63.3 Å². The molecular weight excluding hydrogens is 507 g/mol. The van der Waals surface area contributed by atoms with Crippen LogP contribution in [0.1, 0.15) is 45.5 Å². The van der Waals surface area contributed by atoms with Crippen LogP contribution < -0.4 is 21.7 Å². The highest BCUT2D eigenvalue weighted by molar-refractivity contribution is 7.21. The van der Waals surface area contributed by atoms with Crippen LogP contribution in [-0.4, -0.2) is 67.0 Å². The third-order valence-electron chi connectivity index (χ3n) is 7.30. The van der Waals surface area contributed by atoms with E-state index < -0.39 is 0 Å². The number of nitrogen functional groups attached to an aromatic ring is 1. The number of anilines is 2. The maximum Gasteiger partial charge on any atom is 0.263 e. The molecule has 1 aliphatic carbocycles. The van der Waals surface area contributed by atoms with Crippen molar-refractivity contribution < 1.29 is 18.7 Å². The van der Waals surface area contributed by atoms with Gasteiger partial charge in [-0.2, -0.15) is 0 Å². The number of methoxy groups -OCH3 is 1. The van der Waals surface area contributed by atoms with E-state index in [-0.39, 0.29) is 36.0 Å². The lowest BCUT2D eigenvalue weighted by atomic mass is 9.91. The molecule has 4 unspecified atom stereocenters. The SMILES string of the molecule is COCC(C)OC1CN(c2nc3c(cc2F)CC(NC(=O)c2sc4nc(C)cc(C)c4c2N)CC3)CC1N. The number of nitrogens with two attached hydrogens (primary N) is 2. The highest BCUT2D eigenvalue weighted by Gasteiger charge is 2.35. The molecule has 2 aliphatic rings. The van der Waals surface area contributed by atoms with Crippen LogP contribution in [0.3, 0.4) is 0 Å². The van der Waals surface area contributed by atoms with Gasteiger partial charge in [-0.15, -0.1) is 11.3 Å². The van der Waals surface area contributed by atoms with E-state index in [9.17, 15) is 4.79 Å². The third kappa shape index (κ3) is 5.20. The first-order valence-electron chi connectivity index (χ1n) is 12.9. The molecule has 4 atom stereocenters. The van der Waals surface area contributed by atoms with Gasteiger partial charge in [0.25, 0.3) is 5.91 Å². The van der Waals surface area contributed by atoms with Gasteiger partial charge in [-0.1, -0.05) is 0 Å². The number of thiophene rings is 1. The topological polar surface area (TPSA) is 129 Å². The van der Waals surface area contributed by atoms with Crippen molar-refractivity contribution in [2.75, 3.05) is 37.4 Å². The van der Waals surface area contributed by atoms with E-state index in [2.05, 4.69) is 15.3 Å². The number of nitrogens with zero attached hydrogens (tertiary/aromatic N) is 3. The highest BCUT2D eigenvalue weighted by atomic mass is 32.1. The molecule has 3 aromatic rings. The maximum atomic E-state index is 15.2. The first kappa shape index (κ1) is 26.7. The van der Waals surface area contributed by atoms with Gasteiger partial charge in [-0.25, -0.2) is 14.4 Å². The Labute approximate surface area is 225 Å². The van der Waals surface area contributed by atoms with Crippen LogP contribution in [0.4, 0.5) is 15.9 Å². The van der Waals surface area contributed by atoms with Crippen LogP contribution in [0, 0.1) is 19.7 Å². The molecule has 5 N–H and O–H groups in total. The number of aryl methyl sites for hydroxylation is 3. The summed E-state index contributed by atoms with van der Waals surface area (Å²) in [6.07, 6.45) is 1.53.